The molecule has 0 aliphatic rings. The van der Waals surface area contributed by atoms with Gasteiger partial charge in [0.25, 0.3) is 0 Å². The summed E-state index contributed by atoms with van der Waals surface area (Å²) in [6.07, 6.45) is 1.05. The third-order valence-electron chi connectivity index (χ3n) is 2.40. The van der Waals surface area contributed by atoms with E-state index in [1.807, 2.05) is 0 Å². The number of hydrogen-bond donors (Lipinski definition) is 2. The molecule has 14 heavy (non-hydrogen) atoms. The Morgan fingerprint density at radius 2 is 2.29 bits per heavy atom. The lowest BCUT2D eigenvalue weighted by Crippen LogP contribution is -2.38. The minimum atomic E-state index is 0.224. The Morgan fingerprint density at radius 3 is 2.79 bits per heavy atom. The second-order valence-electron chi connectivity index (χ2n) is 3.87. The molecule has 80 valence electrons. The zero-order valence-electron chi connectivity index (χ0n) is 8.86. The van der Waals surface area contributed by atoms with E-state index in [4.69, 9.17) is 5.11 Å². The van der Waals surface area contributed by atoms with E-state index in [0.29, 0.717) is 5.92 Å². The Morgan fingerprint density at radius 1 is 1.50 bits per heavy atom. The highest BCUT2D eigenvalue weighted by Gasteiger charge is 2.10. The van der Waals surface area contributed by atoms with Gasteiger partial charge in [0.05, 0.1) is 6.61 Å². The maximum Gasteiger partial charge on any atom is 0.0587 e. The van der Waals surface area contributed by atoms with Crippen LogP contribution in [0.1, 0.15) is 19.4 Å². The highest BCUT2D eigenvalue weighted by molar-refractivity contribution is 7.07. The molecule has 0 fully saturated rings. The predicted molar refractivity (Wildman–Crippen MR) is 61.7 cm³/mol. The monoisotopic (exact) mass is 213 g/mol. The summed E-state index contributed by atoms with van der Waals surface area (Å²) in [4.78, 5) is 0. The van der Waals surface area contributed by atoms with E-state index in [2.05, 4.69) is 36.0 Å². The van der Waals surface area contributed by atoms with Crippen LogP contribution in [-0.4, -0.2) is 24.3 Å². The standard InChI is InChI=1S/C11H19NOS/c1-9(2)11(7-13)12-5-3-10-4-6-14-8-10/h4,6,8-9,11-13H,3,5,7H2,1-2H3/t11-/m1/s1. The molecule has 1 rings (SSSR count). The van der Waals surface area contributed by atoms with Crippen molar-refractivity contribution in [3.63, 3.8) is 0 Å². The molecule has 0 saturated carbocycles. The first-order valence-corrected chi connectivity index (χ1v) is 6.03. The van der Waals surface area contributed by atoms with Crippen molar-refractivity contribution in [3.05, 3.63) is 22.4 Å². The molecule has 2 N–H and O–H groups in total. The quantitative estimate of drug-likeness (QED) is 0.756. The number of hydrogen-bond acceptors (Lipinski definition) is 3. The summed E-state index contributed by atoms with van der Waals surface area (Å²) in [5.41, 5.74) is 1.38. The summed E-state index contributed by atoms with van der Waals surface area (Å²) < 4.78 is 0. The second kappa shape index (κ2) is 6.17. The van der Waals surface area contributed by atoms with Crippen molar-refractivity contribution in [2.75, 3.05) is 13.2 Å². The SMILES string of the molecule is CC(C)[C@@H](CO)NCCc1ccsc1. The van der Waals surface area contributed by atoms with Crippen LogP contribution in [0.3, 0.4) is 0 Å². The van der Waals surface area contributed by atoms with Crippen molar-refractivity contribution in [1.29, 1.82) is 0 Å². The Labute approximate surface area is 90.0 Å². The molecule has 0 spiro atoms. The molecule has 1 aromatic rings. The Balaban J connectivity index is 2.20. The van der Waals surface area contributed by atoms with E-state index < -0.39 is 0 Å². The number of nitrogens with one attached hydrogen (secondary N) is 1. The summed E-state index contributed by atoms with van der Waals surface area (Å²) in [5.74, 6) is 0.488. The van der Waals surface area contributed by atoms with Gasteiger partial charge in [0.2, 0.25) is 0 Å². The molecule has 0 radical (unpaired) electrons. The molecule has 2 nitrogen and oxygen atoms in total. The fourth-order valence-corrected chi connectivity index (χ4v) is 2.05. The van der Waals surface area contributed by atoms with Gasteiger partial charge in [0, 0.05) is 6.04 Å². The minimum absolute atomic E-state index is 0.224. The van der Waals surface area contributed by atoms with Gasteiger partial charge in [-0.1, -0.05) is 13.8 Å². The number of thiophene rings is 1. The molecule has 0 aliphatic heterocycles. The third kappa shape index (κ3) is 3.78. The van der Waals surface area contributed by atoms with Crippen molar-refractivity contribution in [2.24, 2.45) is 5.92 Å². The van der Waals surface area contributed by atoms with Crippen LogP contribution in [0.15, 0.2) is 16.8 Å². The summed E-state index contributed by atoms with van der Waals surface area (Å²) in [7, 11) is 0. The lowest BCUT2D eigenvalue weighted by Gasteiger charge is -2.19. The van der Waals surface area contributed by atoms with Crippen LogP contribution < -0.4 is 5.32 Å². The van der Waals surface area contributed by atoms with E-state index >= 15 is 0 Å². The van der Waals surface area contributed by atoms with E-state index in [0.717, 1.165) is 13.0 Å². The van der Waals surface area contributed by atoms with E-state index in [9.17, 15) is 0 Å². The molecule has 1 atom stereocenters. The molecule has 0 amide bonds. The van der Waals surface area contributed by atoms with Gasteiger partial charge in [-0.15, -0.1) is 0 Å². The fraction of sp³-hybridized carbons (Fsp3) is 0.636. The molecule has 1 aromatic heterocycles. The van der Waals surface area contributed by atoms with Crippen molar-refractivity contribution in [1.82, 2.24) is 5.32 Å². The zero-order chi connectivity index (χ0) is 10.4. The summed E-state index contributed by atoms with van der Waals surface area (Å²) >= 11 is 1.73. The number of rotatable bonds is 6. The zero-order valence-corrected chi connectivity index (χ0v) is 9.68. The first-order chi connectivity index (χ1) is 6.74. The maximum absolute atomic E-state index is 9.09. The molecular formula is C11H19NOS. The highest BCUT2D eigenvalue weighted by Crippen LogP contribution is 2.06. The van der Waals surface area contributed by atoms with E-state index in [1.54, 1.807) is 11.3 Å². The second-order valence-corrected chi connectivity index (χ2v) is 4.65. The molecule has 0 aromatic carbocycles. The van der Waals surface area contributed by atoms with Crippen molar-refractivity contribution >= 4 is 11.3 Å². The molecule has 0 unspecified atom stereocenters. The molecule has 3 heteroatoms. The van der Waals surface area contributed by atoms with Gasteiger partial charge in [0.1, 0.15) is 0 Å². The predicted octanol–water partition coefficient (Wildman–Crippen LogP) is 1.90. The van der Waals surface area contributed by atoms with Gasteiger partial charge < -0.3 is 10.4 Å². The van der Waals surface area contributed by atoms with Crippen LogP contribution in [0.25, 0.3) is 0 Å². The van der Waals surface area contributed by atoms with Gasteiger partial charge in [-0.3, -0.25) is 0 Å². The van der Waals surface area contributed by atoms with Crippen molar-refractivity contribution in [2.45, 2.75) is 26.3 Å². The van der Waals surface area contributed by atoms with E-state index in [-0.39, 0.29) is 12.6 Å². The number of aliphatic hydroxyl groups excluding tert-OH is 1. The van der Waals surface area contributed by atoms with Gasteiger partial charge in [-0.05, 0) is 41.3 Å². The minimum Gasteiger partial charge on any atom is -0.395 e. The van der Waals surface area contributed by atoms with Gasteiger partial charge in [-0.25, -0.2) is 0 Å². The lowest BCUT2D eigenvalue weighted by atomic mass is 10.1. The molecule has 0 saturated heterocycles. The van der Waals surface area contributed by atoms with Crippen LogP contribution in [-0.2, 0) is 6.42 Å². The van der Waals surface area contributed by atoms with Gasteiger partial charge in [-0.2, -0.15) is 11.3 Å². The average molecular weight is 213 g/mol. The summed E-state index contributed by atoms with van der Waals surface area (Å²) in [6.45, 7) is 5.42. The van der Waals surface area contributed by atoms with Crippen LogP contribution >= 0.6 is 11.3 Å². The third-order valence-corrected chi connectivity index (χ3v) is 3.13. The Kier molecular flexibility index (Phi) is 5.15. The van der Waals surface area contributed by atoms with Crippen molar-refractivity contribution in [3.8, 4) is 0 Å². The average Bonchev–Trinajstić information content (AvgIpc) is 2.64. The van der Waals surface area contributed by atoms with Gasteiger partial charge >= 0.3 is 0 Å². The maximum atomic E-state index is 9.09. The number of aliphatic hydroxyl groups is 1. The fourth-order valence-electron chi connectivity index (χ4n) is 1.35. The highest BCUT2D eigenvalue weighted by atomic mass is 32.1. The van der Waals surface area contributed by atoms with Crippen LogP contribution in [0.5, 0.6) is 0 Å². The van der Waals surface area contributed by atoms with Gasteiger partial charge in [0.15, 0.2) is 0 Å². The Bertz CT molecular complexity index is 233. The lowest BCUT2D eigenvalue weighted by molar-refractivity contribution is 0.212. The first-order valence-electron chi connectivity index (χ1n) is 5.09. The van der Waals surface area contributed by atoms with E-state index in [1.165, 1.54) is 5.56 Å². The van der Waals surface area contributed by atoms with Crippen LogP contribution in [0.4, 0.5) is 0 Å². The summed E-state index contributed by atoms with van der Waals surface area (Å²) in [6, 6.07) is 2.38. The van der Waals surface area contributed by atoms with Crippen molar-refractivity contribution < 1.29 is 5.11 Å². The normalized spacial score (nSPS) is 13.4. The molecule has 0 aliphatic carbocycles. The molecular weight excluding hydrogens is 194 g/mol. The largest absolute Gasteiger partial charge is 0.395 e. The summed E-state index contributed by atoms with van der Waals surface area (Å²) in [5, 5.41) is 16.7. The topological polar surface area (TPSA) is 32.3 Å². The molecule has 1 heterocycles. The smallest absolute Gasteiger partial charge is 0.0587 e. The van der Waals surface area contributed by atoms with Crippen LogP contribution in [0.2, 0.25) is 0 Å². The van der Waals surface area contributed by atoms with Crippen LogP contribution in [0, 0.1) is 5.92 Å². The Hall–Kier alpha value is -0.380. The molecule has 0 bridgehead atoms. The first kappa shape index (κ1) is 11.7.